The molecule has 0 unspecified atom stereocenters. The Kier molecular flexibility index (Phi) is 5.45. The van der Waals surface area contributed by atoms with E-state index in [9.17, 15) is 18.8 Å². The minimum absolute atomic E-state index is 0.137. The number of hydrogen-bond acceptors (Lipinski definition) is 6. The number of amides is 1. The van der Waals surface area contributed by atoms with Crippen LogP contribution in [0, 0.1) is 5.82 Å². The lowest BCUT2D eigenvalue weighted by Gasteiger charge is -2.24. The molecule has 0 saturated heterocycles. The molecule has 172 valence electrons. The third-order valence-corrected chi connectivity index (χ3v) is 6.92. The zero-order chi connectivity index (χ0) is 24.1. The summed E-state index contributed by atoms with van der Waals surface area (Å²) in [6.45, 7) is 3.47. The van der Waals surface area contributed by atoms with Gasteiger partial charge in [-0.05, 0) is 49.7 Å². The first kappa shape index (κ1) is 22.2. The molecule has 7 nitrogen and oxygen atoms in total. The van der Waals surface area contributed by atoms with Gasteiger partial charge in [-0.15, -0.1) is 0 Å². The summed E-state index contributed by atoms with van der Waals surface area (Å²) in [7, 11) is 0. The van der Waals surface area contributed by atoms with Gasteiger partial charge in [0.2, 0.25) is 0 Å². The van der Waals surface area contributed by atoms with Gasteiger partial charge in [-0.1, -0.05) is 35.1 Å². The van der Waals surface area contributed by atoms with E-state index in [4.69, 9.17) is 16.3 Å². The second kappa shape index (κ2) is 8.34. The van der Waals surface area contributed by atoms with E-state index in [1.54, 1.807) is 32.0 Å². The number of benzene rings is 2. The number of carbonyl (C=O) groups is 2. The van der Waals surface area contributed by atoms with Crippen LogP contribution in [-0.2, 0) is 14.3 Å². The van der Waals surface area contributed by atoms with E-state index in [1.165, 1.54) is 28.8 Å². The predicted octanol–water partition coefficient (Wildman–Crippen LogP) is 2.91. The number of thiazole rings is 1. The molecule has 0 spiro atoms. The molecule has 0 saturated carbocycles. The molecule has 0 aliphatic carbocycles. The fourth-order valence-electron chi connectivity index (χ4n) is 4.17. The molecule has 1 atom stereocenters. The van der Waals surface area contributed by atoms with Crippen molar-refractivity contribution in [2.45, 2.75) is 19.9 Å². The van der Waals surface area contributed by atoms with E-state index in [0.717, 1.165) is 11.3 Å². The number of aromatic nitrogens is 1. The summed E-state index contributed by atoms with van der Waals surface area (Å²) < 4.78 is 20.4. The fourth-order valence-corrected chi connectivity index (χ4v) is 5.48. The first-order valence-electron chi connectivity index (χ1n) is 10.4. The van der Waals surface area contributed by atoms with Crippen LogP contribution in [0.1, 0.15) is 31.0 Å². The van der Waals surface area contributed by atoms with Gasteiger partial charge < -0.3 is 10.1 Å². The number of allylic oxidation sites excluding steroid dienone is 1. The van der Waals surface area contributed by atoms with Gasteiger partial charge in [-0.25, -0.2) is 14.2 Å². The number of fused-ring (bicyclic) bond motifs is 2. The zero-order valence-corrected chi connectivity index (χ0v) is 19.6. The van der Waals surface area contributed by atoms with Gasteiger partial charge >= 0.3 is 5.97 Å². The Morgan fingerprint density at radius 1 is 1.24 bits per heavy atom. The lowest BCUT2D eigenvalue weighted by atomic mass is 9.96. The molecular weight excluding hydrogens is 481 g/mol. The average molecular weight is 498 g/mol. The summed E-state index contributed by atoms with van der Waals surface area (Å²) in [5.74, 6) is -1.50. The number of esters is 1. The molecule has 3 aromatic rings. The topological polar surface area (TPSA) is 89.8 Å². The van der Waals surface area contributed by atoms with Crippen LogP contribution in [-0.4, -0.2) is 23.1 Å². The molecule has 3 heterocycles. The SMILES string of the molecule is CCOC(=O)C1=C(C)N=c2s/c(=C3\C(=O)Nc4ccc(Cl)cc43)c(=O)n2[C@H]1c1ccc(F)cc1. The van der Waals surface area contributed by atoms with Gasteiger partial charge in [0.25, 0.3) is 11.5 Å². The summed E-state index contributed by atoms with van der Waals surface area (Å²) in [6.07, 6.45) is 0. The largest absolute Gasteiger partial charge is 0.463 e. The summed E-state index contributed by atoms with van der Waals surface area (Å²) in [4.78, 5) is 44.3. The standard InChI is InChI=1S/C24H17ClFN3O4S/c1-3-33-23(32)17-11(2)27-24-29(19(17)12-4-7-14(26)8-5-12)22(31)20(34-24)18-15-10-13(25)6-9-16(15)28-21(18)30/h4-10,19H,3H2,1-2H3,(H,28,30)/b20-18-/t19-/m0/s1. The van der Waals surface area contributed by atoms with Crippen LogP contribution >= 0.6 is 22.9 Å². The molecule has 2 aromatic carbocycles. The molecule has 0 bridgehead atoms. The summed E-state index contributed by atoms with van der Waals surface area (Å²) >= 11 is 7.19. The number of carbonyl (C=O) groups excluding carboxylic acids is 2. The van der Waals surface area contributed by atoms with Crippen molar-refractivity contribution in [3.63, 3.8) is 0 Å². The van der Waals surface area contributed by atoms with Gasteiger partial charge in [0, 0.05) is 16.3 Å². The van der Waals surface area contributed by atoms with Gasteiger partial charge in [0.15, 0.2) is 4.80 Å². The highest BCUT2D eigenvalue weighted by atomic mass is 35.5. The molecule has 0 radical (unpaired) electrons. The van der Waals surface area contributed by atoms with Crippen LogP contribution in [0.3, 0.4) is 0 Å². The quantitative estimate of drug-likeness (QED) is 0.563. The van der Waals surface area contributed by atoms with E-state index in [1.807, 2.05) is 0 Å². The highest BCUT2D eigenvalue weighted by Gasteiger charge is 2.35. The zero-order valence-electron chi connectivity index (χ0n) is 18.0. The van der Waals surface area contributed by atoms with Crippen LogP contribution in [0.2, 0.25) is 5.02 Å². The maximum absolute atomic E-state index is 13.8. The molecule has 0 fully saturated rings. The maximum Gasteiger partial charge on any atom is 0.338 e. The number of ether oxygens (including phenoxy) is 1. The molecule has 1 aromatic heterocycles. The van der Waals surface area contributed by atoms with Crippen LogP contribution in [0.4, 0.5) is 10.1 Å². The van der Waals surface area contributed by atoms with Crippen molar-refractivity contribution in [2.24, 2.45) is 4.99 Å². The van der Waals surface area contributed by atoms with Gasteiger partial charge in [-0.3, -0.25) is 14.2 Å². The second-order valence-corrected chi connectivity index (χ2v) is 9.11. The lowest BCUT2D eigenvalue weighted by Crippen LogP contribution is -2.40. The second-order valence-electron chi connectivity index (χ2n) is 7.69. The van der Waals surface area contributed by atoms with Crippen LogP contribution < -0.4 is 20.2 Å². The Hall–Kier alpha value is -3.56. The lowest BCUT2D eigenvalue weighted by molar-refractivity contribution is -0.139. The molecule has 10 heteroatoms. The van der Waals surface area contributed by atoms with Crippen molar-refractivity contribution in [2.75, 3.05) is 11.9 Å². The van der Waals surface area contributed by atoms with Crippen LogP contribution in [0.5, 0.6) is 0 Å². The van der Waals surface area contributed by atoms with Crippen molar-refractivity contribution in [1.82, 2.24) is 4.57 Å². The van der Waals surface area contributed by atoms with Crippen molar-refractivity contribution in [1.29, 1.82) is 0 Å². The van der Waals surface area contributed by atoms with Crippen molar-refractivity contribution < 1.29 is 18.7 Å². The Morgan fingerprint density at radius 2 is 1.97 bits per heavy atom. The number of nitrogens with zero attached hydrogens (tertiary/aromatic N) is 2. The highest BCUT2D eigenvalue weighted by Crippen LogP contribution is 2.33. The van der Waals surface area contributed by atoms with E-state index in [-0.39, 0.29) is 22.3 Å². The Bertz CT molecular complexity index is 1590. The van der Waals surface area contributed by atoms with E-state index >= 15 is 0 Å². The number of nitrogens with one attached hydrogen (secondary N) is 1. The number of rotatable bonds is 3. The molecule has 34 heavy (non-hydrogen) atoms. The molecule has 1 amide bonds. The summed E-state index contributed by atoms with van der Waals surface area (Å²) in [6, 6.07) is 9.58. The molecule has 2 aliphatic heterocycles. The van der Waals surface area contributed by atoms with Gasteiger partial charge in [0.1, 0.15) is 10.3 Å². The predicted molar refractivity (Wildman–Crippen MR) is 126 cm³/mol. The van der Waals surface area contributed by atoms with Crippen molar-refractivity contribution >= 4 is 46.1 Å². The highest BCUT2D eigenvalue weighted by molar-refractivity contribution is 7.07. The Balaban J connectivity index is 1.82. The monoisotopic (exact) mass is 497 g/mol. The number of anilines is 1. The Morgan fingerprint density at radius 3 is 2.68 bits per heavy atom. The maximum atomic E-state index is 13.8. The Labute approximate surface area is 201 Å². The number of hydrogen-bond donors (Lipinski definition) is 1. The van der Waals surface area contributed by atoms with Crippen molar-refractivity contribution in [3.05, 3.63) is 95.4 Å². The average Bonchev–Trinajstić information content (AvgIpc) is 3.28. The van der Waals surface area contributed by atoms with Crippen LogP contribution in [0.15, 0.2) is 63.5 Å². The first-order chi connectivity index (χ1) is 16.3. The van der Waals surface area contributed by atoms with Gasteiger partial charge in [0.05, 0.1) is 29.5 Å². The fraction of sp³-hybridized carbons (Fsp3) is 0.167. The van der Waals surface area contributed by atoms with Crippen molar-refractivity contribution in [3.8, 4) is 0 Å². The minimum Gasteiger partial charge on any atom is -0.463 e. The minimum atomic E-state index is -0.895. The number of halogens is 2. The normalized spacial score (nSPS) is 18.2. The molecular formula is C24H17ClFN3O4S. The third kappa shape index (κ3) is 3.48. The van der Waals surface area contributed by atoms with Crippen LogP contribution in [0.25, 0.3) is 5.57 Å². The molecule has 5 rings (SSSR count). The van der Waals surface area contributed by atoms with E-state index in [0.29, 0.717) is 32.3 Å². The summed E-state index contributed by atoms with van der Waals surface area (Å²) in [5.41, 5.74) is 1.83. The van der Waals surface area contributed by atoms with E-state index < -0.39 is 29.3 Å². The van der Waals surface area contributed by atoms with E-state index in [2.05, 4.69) is 10.3 Å². The summed E-state index contributed by atoms with van der Waals surface area (Å²) in [5, 5.41) is 3.17. The molecule has 2 aliphatic rings. The first-order valence-corrected chi connectivity index (χ1v) is 11.6. The molecule has 1 N–H and O–H groups in total. The third-order valence-electron chi connectivity index (χ3n) is 5.63. The van der Waals surface area contributed by atoms with Gasteiger partial charge in [-0.2, -0.15) is 0 Å². The smallest absolute Gasteiger partial charge is 0.338 e.